The van der Waals surface area contributed by atoms with Gasteiger partial charge < -0.3 is 4.74 Å². The lowest BCUT2D eigenvalue weighted by Gasteiger charge is -2.35. The number of rotatable bonds is 4. The molecule has 3 rings (SSSR count). The molecular weight excluding hydrogens is 324 g/mol. The first-order valence-corrected chi connectivity index (χ1v) is 9.68. The minimum Gasteiger partial charge on any atom is -0.378 e. The Balaban J connectivity index is 1.90. The molecule has 1 atom stereocenters. The van der Waals surface area contributed by atoms with E-state index in [2.05, 4.69) is 20.1 Å². The average Bonchev–Trinajstić information content (AvgIpc) is 3.09. The van der Waals surface area contributed by atoms with Crippen LogP contribution in [-0.4, -0.2) is 54.5 Å². The summed E-state index contributed by atoms with van der Waals surface area (Å²) < 4.78 is 29.4. The number of aromatic nitrogens is 3. The van der Waals surface area contributed by atoms with E-state index in [1.54, 1.807) is 11.3 Å². The number of hydrogen-bond acceptors (Lipinski definition) is 7. The number of sulfone groups is 1. The molecule has 9 heteroatoms. The molecule has 7 nitrogen and oxygen atoms in total. The maximum Gasteiger partial charge on any atom is 0.178 e. The van der Waals surface area contributed by atoms with E-state index in [0.717, 1.165) is 18.8 Å². The summed E-state index contributed by atoms with van der Waals surface area (Å²) in [6, 6.07) is -0.150. The Labute approximate surface area is 133 Å². The number of ether oxygens (including phenoxy) is 1. The quantitative estimate of drug-likeness (QED) is 0.897. The average molecular weight is 342 g/mol. The Morgan fingerprint density at radius 1 is 1.55 bits per heavy atom. The largest absolute Gasteiger partial charge is 0.378 e. The van der Waals surface area contributed by atoms with Crippen LogP contribution >= 0.6 is 11.3 Å². The van der Waals surface area contributed by atoms with Gasteiger partial charge in [0.25, 0.3) is 0 Å². The molecule has 1 aliphatic rings. The zero-order valence-corrected chi connectivity index (χ0v) is 14.1. The molecule has 1 aliphatic heterocycles. The van der Waals surface area contributed by atoms with Gasteiger partial charge in [0, 0.05) is 24.2 Å². The standard InChI is InChI=1S/C13H18N4O3S2/c1-9-11(21-8-14-9)6-17-3-4-20-7-10(17)13-12(5-15-16-13)22(2,18)19/h5,8,10H,3-4,6-7H2,1-2H3,(H,15,16)/t10-/m0/s1. The van der Waals surface area contributed by atoms with Crippen LogP contribution in [0.5, 0.6) is 0 Å². The van der Waals surface area contributed by atoms with Gasteiger partial charge in [0.05, 0.1) is 42.4 Å². The van der Waals surface area contributed by atoms with Crippen LogP contribution in [-0.2, 0) is 21.1 Å². The first kappa shape index (κ1) is 15.6. The van der Waals surface area contributed by atoms with Crippen LogP contribution in [0.15, 0.2) is 16.6 Å². The van der Waals surface area contributed by atoms with Gasteiger partial charge in [0.1, 0.15) is 4.90 Å². The zero-order chi connectivity index (χ0) is 15.7. The maximum absolute atomic E-state index is 11.9. The first-order valence-electron chi connectivity index (χ1n) is 6.91. The van der Waals surface area contributed by atoms with Crippen LogP contribution < -0.4 is 0 Å². The molecule has 0 saturated carbocycles. The normalized spacial score (nSPS) is 20.4. The number of nitrogens with one attached hydrogen (secondary N) is 1. The highest BCUT2D eigenvalue weighted by molar-refractivity contribution is 7.90. The summed E-state index contributed by atoms with van der Waals surface area (Å²) in [5, 5.41) is 6.76. The fourth-order valence-electron chi connectivity index (χ4n) is 2.57. The third-order valence-corrected chi connectivity index (χ3v) is 5.84. The van der Waals surface area contributed by atoms with Crippen LogP contribution in [0.2, 0.25) is 0 Å². The Bertz CT molecular complexity index is 753. The Morgan fingerprint density at radius 3 is 3.05 bits per heavy atom. The van der Waals surface area contributed by atoms with E-state index in [-0.39, 0.29) is 10.9 Å². The van der Waals surface area contributed by atoms with Crippen molar-refractivity contribution < 1.29 is 13.2 Å². The van der Waals surface area contributed by atoms with Gasteiger partial charge in [-0.25, -0.2) is 13.4 Å². The minimum absolute atomic E-state index is 0.150. The number of aryl methyl sites for hydroxylation is 1. The van der Waals surface area contributed by atoms with E-state index in [9.17, 15) is 8.42 Å². The van der Waals surface area contributed by atoms with Crippen LogP contribution in [0, 0.1) is 6.92 Å². The van der Waals surface area contributed by atoms with Gasteiger partial charge in [-0.15, -0.1) is 11.3 Å². The number of H-pyrrole nitrogens is 1. The van der Waals surface area contributed by atoms with Crippen LogP contribution in [0.3, 0.4) is 0 Å². The van der Waals surface area contributed by atoms with E-state index in [0.29, 0.717) is 18.9 Å². The smallest absolute Gasteiger partial charge is 0.178 e. The Hall–Kier alpha value is -1.29. The number of aromatic amines is 1. The molecule has 0 unspecified atom stereocenters. The number of thiazole rings is 1. The second-order valence-corrected chi connectivity index (χ2v) is 8.27. The van der Waals surface area contributed by atoms with E-state index >= 15 is 0 Å². The molecule has 1 N–H and O–H groups in total. The lowest BCUT2D eigenvalue weighted by molar-refractivity contribution is -0.0148. The molecule has 0 spiro atoms. The van der Waals surface area contributed by atoms with Crippen LogP contribution in [0.4, 0.5) is 0 Å². The Morgan fingerprint density at radius 2 is 2.36 bits per heavy atom. The van der Waals surface area contributed by atoms with Crippen molar-refractivity contribution in [3.05, 3.63) is 28.0 Å². The number of hydrogen-bond donors (Lipinski definition) is 1. The molecule has 3 heterocycles. The Kier molecular flexibility index (Phi) is 4.31. The molecule has 22 heavy (non-hydrogen) atoms. The first-order chi connectivity index (χ1) is 10.5. The van der Waals surface area contributed by atoms with Crippen molar-refractivity contribution in [3.8, 4) is 0 Å². The minimum atomic E-state index is -3.32. The summed E-state index contributed by atoms with van der Waals surface area (Å²) in [4.78, 5) is 7.92. The van der Waals surface area contributed by atoms with Gasteiger partial charge >= 0.3 is 0 Å². The van der Waals surface area contributed by atoms with Gasteiger partial charge in [0.2, 0.25) is 0 Å². The molecule has 1 saturated heterocycles. The molecule has 0 radical (unpaired) electrons. The van der Waals surface area contributed by atoms with Crippen LogP contribution in [0.1, 0.15) is 22.3 Å². The van der Waals surface area contributed by atoms with Crippen molar-refractivity contribution in [2.24, 2.45) is 0 Å². The highest BCUT2D eigenvalue weighted by atomic mass is 32.2. The molecule has 2 aromatic rings. The van der Waals surface area contributed by atoms with E-state index < -0.39 is 9.84 Å². The molecule has 0 amide bonds. The van der Waals surface area contributed by atoms with Crippen LogP contribution in [0.25, 0.3) is 0 Å². The van der Waals surface area contributed by atoms with Crippen molar-refractivity contribution >= 4 is 21.2 Å². The predicted molar refractivity (Wildman–Crippen MR) is 82.5 cm³/mol. The van der Waals surface area contributed by atoms with Crippen molar-refractivity contribution in [2.75, 3.05) is 26.0 Å². The summed E-state index contributed by atoms with van der Waals surface area (Å²) in [5.41, 5.74) is 3.45. The topological polar surface area (TPSA) is 88.2 Å². The second kappa shape index (κ2) is 6.07. The van der Waals surface area contributed by atoms with Crippen molar-refractivity contribution in [2.45, 2.75) is 24.4 Å². The fraction of sp³-hybridized carbons (Fsp3) is 0.538. The lowest BCUT2D eigenvalue weighted by atomic mass is 10.1. The van der Waals surface area contributed by atoms with Crippen molar-refractivity contribution in [3.63, 3.8) is 0 Å². The summed E-state index contributed by atoms with van der Waals surface area (Å²) in [5.74, 6) is 0. The monoisotopic (exact) mass is 342 g/mol. The molecule has 1 fully saturated rings. The van der Waals surface area contributed by atoms with Gasteiger partial charge in [-0.05, 0) is 6.92 Å². The molecule has 0 bridgehead atoms. The van der Waals surface area contributed by atoms with Gasteiger partial charge in [-0.3, -0.25) is 10.00 Å². The molecule has 120 valence electrons. The maximum atomic E-state index is 11.9. The molecule has 0 aromatic carbocycles. The second-order valence-electron chi connectivity index (χ2n) is 5.34. The van der Waals surface area contributed by atoms with E-state index in [1.807, 2.05) is 12.4 Å². The van der Waals surface area contributed by atoms with Crippen molar-refractivity contribution in [1.82, 2.24) is 20.1 Å². The molecule has 0 aliphatic carbocycles. The van der Waals surface area contributed by atoms with E-state index in [1.165, 1.54) is 17.3 Å². The van der Waals surface area contributed by atoms with Crippen molar-refractivity contribution in [1.29, 1.82) is 0 Å². The van der Waals surface area contributed by atoms with E-state index in [4.69, 9.17) is 4.74 Å². The number of morpholine rings is 1. The lowest BCUT2D eigenvalue weighted by Crippen LogP contribution is -2.39. The zero-order valence-electron chi connectivity index (χ0n) is 12.4. The summed E-state index contributed by atoms with van der Waals surface area (Å²) in [6.45, 7) is 4.54. The number of nitrogens with zero attached hydrogens (tertiary/aromatic N) is 3. The highest BCUT2D eigenvalue weighted by Crippen LogP contribution is 2.30. The fourth-order valence-corrected chi connectivity index (χ4v) is 4.20. The SMILES string of the molecule is Cc1ncsc1CN1CCOC[C@H]1c1[nH]ncc1S(C)(=O)=O. The summed E-state index contributed by atoms with van der Waals surface area (Å²) in [7, 11) is -3.32. The van der Waals surface area contributed by atoms with Gasteiger partial charge in [-0.2, -0.15) is 5.10 Å². The predicted octanol–water partition coefficient (Wildman–Crippen LogP) is 1.15. The van der Waals surface area contributed by atoms with Gasteiger partial charge in [0.15, 0.2) is 9.84 Å². The third kappa shape index (κ3) is 3.07. The summed E-state index contributed by atoms with van der Waals surface area (Å²) >= 11 is 1.61. The van der Waals surface area contributed by atoms with Gasteiger partial charge in [-0.1, -0.05) is 0 Å². The summed E-state index contributed by atoms with van der Waals surface area (Å²) in [6.07, 6.45) is 2.57. The molecular formula is C13H18N4O3S2. The highest BCUT2D eigenvalue weighted by Gasteiger charge is 2.31. The third-order valence-electron chi connectivity index (χ3n) is 3.80. The molecule has 2 aromatic heterocycles.